The standard InChI is InChI=1S/C18H33NO2/c1-3-5-9-15(4-2)18(20)21-14-16-10-8-13-19-12-7-6-11-17(16)19/h15-17H,3-14H2,1-2H3/p+1/t15-,16+,17-/m1/s1. The van der Waals surface area contributed by atoms with Crippen molar-refractivity contribution in [1.29, 1.82) is 0 Å². The highest BCUT2D eigenvalue weighted by Crippen LogP contribution is 2.22. The van der Waals surface area contributed by atoms with Gasteiger partial charge in [-0.1, -0.05) is 26.7 Å². The minimum atomic E-state index is 0.0638. The molecule has 122 valence electrons. The maximum Gasteiger partial charge on any atom is 0.308 e. The summed E-state index contributed by atoms with van der Waals surface area (Å²) in [6.07, 6.45) is 10.9. The van der Waals surface area contributed by atoms with Crippen LogP contribution in [0.5, 0.6) is 0 Å². The van der Waals surface area contributed by atoms with E-state index in [0.717, 1.165) is 31.7 Å². The molecule has 21 heavy (non-hydrogen) atoms. The van der Waals surface area contributed by atoms with E-state index in [0.29, 0.717) is 12.5 Å². The summed E-state index contributed by atoms with van der Waals surface area (Å²) in [5, 5.41) is 0. The van der Waals surface area contributed by atoms with Crippen molar-refractivity contribution in [3.05, 3.63) is 0 Å². The van der Waals surface area contributed by atoms with E-state index in [-0.39, 0.29) is 11.9 Å². The number of unbranched alkanes of at least 4 members (excludes halogenated alkanes) is 1. The smallest absolute Gasteiger partial charge is 0.308 e. The quantitative estimate of drug-likeness (QED) is 0.732. The van der Waals surface area contributed by atoms with E-state index in [1.807, 2.05) is 0 Å². The van der Waals surface area contributed by atoms with Crippen LogP contribution in [0.25, 0.3) is 0 Å². The van der Waals surface area contributed by atoms with Crippen LogP contribution in [0, 0.1) is 11.8 Å². The lowest BCUT2D eigenvalue weighted by Crippen LogP contribution is -3.18. The Bertz CT molecular complexity index is 316. The highest BCUT2D eigenvalue weighted by molar-refractivity contribution is 5.72. The minimum absolute atomic E-state index is 0.0638. The molecule has 2 heterocycles. The molecular weight excluding hydrogens is 262 g/mol. The largest absolute Gasteiger partial charge is 0.465 e. The van der Waals surface area contributed by atoms with Gasteiger partial charge in [-0.15, -0.1) is 0 Å². The van der Waals surface area contributed by atoms with E-state index >= 15 is 0 Å². The average molecular weight is 296 g/mol. The van der Waals surface area contributed by atoms with Crippen molar-refractivity contribution >= 4 is 5.97 Å². The molecule has 2 rings (SSSR count). The first-order valence-electron chi connectivity index (χ1n) is 9.27. The molecule has 0 radical (unpaired) electrons. The molecule has 0 spiro atoms. The topological polar surface area (TPSA) is 30.7 Å². The molecule has 0 bridgehead atoms. The summed E-state index contributed by atoms with van der Waals surface area (Å²) in [7, 11) is 0. The predicted octanol–water partition coefficient (Wildman–Crippen LogP) is 2.59. The molecule has 2 saturated heterocycles. The molecule has 0 aromatic heterocycles. The third-order valence-electron chi connectivity index (χ3n) is 5.60. The van der Waals surface area contributed by atoms with Gasteiger partial charge in [-0.25, -0.2) is 0 Å². The zero-order valence-electron chi connectivity index (χ0n) is 14.0. The molecule has 0 aliphatic carbocycles. The zero-order valence-corrected chi connectivity index (χ0v) is 14.0. The van der Waals surface area contributed by atoms with Crippen LogP contribution in [0.3, 0.4) is 0 Å². The van der Waals surface area contributed by atoms with Gasteiger partial charge in [-0.2, -0.15) is 0 Å². The number of fused-ring (bicyclic) bond motifs is 1. The Labute approximate surface area is 130 Å². The van der Waals surface area contributed by atoms with Gasteiger partial charge in [0.2, 0.25) is 0 Å². The van der Waals surface area contributed by atoms with Gasteiger partial charge in [0.25, 0.3) is 0 Å². The fourth-order valence-corrected chi connectivity index (χ4v) is 4.22. The summed E-state index contributed by atoms with van der Waals surface area (Å²) in [5.41, 5.74) is 0. The van der Waals surface area contributed by atoms with Crippen LogP contribution in [0.4, 0.5) is 0 Å². The van der Waals surface area contributed by atoms with Gasteiger partial charge in [0.05, 0.1) is 31.7 Å². The maximum absolute atomic E-state index is 12.3. The van der Waals surface area contributed by atoms with Crippen molar-refractivity contribution in [1.82, 2.24) is 0 Å². The number of carbonyl (C=O) groups excluding carboxylic acids is 1. The van der Waals surface area contributed by atoms with Crippen molar-refractivity contribution in [3.63, 3.8) is 0 Å². The van der Waals surface area contributed by atoms with Crippen LogP contribution < -0.4 is 4.90 Å². The maximum atomic E-state index is 12.3. The molecule has 0 aromatic carbocycles. The number of piperidine rings is 2. The third-order valence-corrected chi connectivity index (χ3v) is 5.60. The second kappa shape index (κ2) is 8.77. The minimum Gasteiger partial charge on any atom is -0.465 e. The Balaban J connectivity index is 1.79. The molecule has 2 aliphatic heterocycles. The molecule has 0 aromatic rings. The normalized spacial score (nSPS) is 30.5. The molecule has 4 atom stereocenters. The van der Waals surface area contributed by atoms with Crippen LogP contribution in [0.2, 0.25) is 0 Å². The number of esters is 1. The van der Waals surface area contributed by atoms with Gasteiger partial charge in [0.1, 0.15) is 0 Å². The third kappa shape index (κ3) is 4.70. The molecule has 1 unspecified atom stereocenters. The van der Waals surface area contributed by atoms with Crippen molar-refractivity contribution < 1.29 is 14.4 Å². The first-order valence-corrected chi connectivity index (χ1v) is 9.27. The summed E-state index contributed by atoms with van der Waals surface area (Å²) in [4.78, 5) is 14.0. The molecule has 2 aliphatic rings. The summed E-state index contributed by atoms with van der Waals surface area (Å²) in [6.45, 7) is 7.64. The SMILES string of the molecule is CCCC[C@@H](CC)C(=O)OC[C@@H]1CCC[NH+]2CCCC[C@H]12. The first-order chi connectivity index (χ1) is 10.3. The molecule has 3 heteroatoms. The Morgan fingerprint density at radius 1 is 1.19 bits per heavy atom. The lowest BCUT2D eigenvalue weighted by atomic mass is 9.84. The van der Waals surface area contributed by atoms with E-state index in [1.54, 1.807) is 4.90 Å². The van der Waals surface area contributed by atoms with Gasteiger partial charge in [0.15, 0.2) is 0 Å². The molecular formula is C18H34NO2+. The number of rotatable bonds is 7. The number of hydrogen-bond donors (Lipinski definition) is 1. The lowest BCUT2D eigenvalue weighted by molar-refractivity contribution is -0.940. The molecule has 0 saturated carbocycles. The van der Waals surface area contributed by atoms with Gasteiger partial charge in [-0.05, 0) is 44.9 Å². The van der Waals surface area contributed by atoms with E-state index in [1.165, 1.54) is 45.2 Å². The van der Waals surface area contributed by atoms with Crippen LogP contribution in [0.15, 0.2) is 0 Å². The number of hydrogen-bond acceptors (Lipinski definition) is 2. The summed E-state index contributed by atoms with van der Waals surface area (Å²) >= 11 is 0. The number of quaternary nitrogens is 1. The molecule has 1 N–H and O–H groups in total. The second-order valence-corrected chi connectivity index (χ2v) is 7.04. The van der Waals surface area contributed by atoms with Crippen LogP contribution >= 0.6 is 0 Å². The monoisotopic (exact) mass is 296 g/mol. The van der Waals surface area contributed by atoms with Crippen LogP contribution in [0.1, 0.15) is 71.6 Å². The van der Waals surface area contributed by atoms with Crippen molar-refractivity contribution in [2.24, 2.45) is 11.8 Å². The molecule has 2 fully saturated rings. The molecule has 3 nitrogen and oxygen atoms in total. The number of nitrogens with one attached hydrogen (secondary N) is 1. The van der Waals surface area contributed by atoms with E-state index in [9.17, 15) is 4.79 Å². The first kappa shape index (κ1) is 16.8. The fourth-order valence-electron chi connectivity index (χ4n) is 4.22. The van der Waals surface area contributed by atoms with E-state index in [2.05, 4.69) is 13.8 Å². The van der Waals surface area contributed by atoms with E-state index in [4.69, 9.17) is 4.74 Å². The van der Waals surface area contributed by atoms with Crippen molar-refractivity contribution in [2.75, 3.05) is 19.7 Å². The van der Waals surface area contributed by atoms with Gasteiger partial charge < -0.3 is 9.64 Å². The predicted molar refractivity (Wildman–Crippen MR) is 85.3 cm³/mol. The summed E-state index contributed by atoms with van der Waals surface area (Å²) in [6, 6.07) is 0.760. The lowest BCUT2D eigenvalue weighted by Gasteiger charge is -2.41. The van der Waals surface area contributed by atoms with Crippen LogP contribution in [-0.2, 0) is 9.53 Å². The Kier molecular flexibility index (Phi) is 7.01. The summed E-state index contributed by atoms with van der Waals surface area (Å²) in [5.74, 6) is 0.805. The molecule has 0 amide bonds. The zero-order chi connectivity index (χ0) is 15.1. The van der Waals surface area contributed by atoms with Crippen molar-refractivity contribution in [3.8, 4) is 0 Å². The Morgan fingerprint density at radius 2 is 2.00 bits per heavy atom. The van der Waals surface area contributed by atoms with Gasteiger partial charge in [0, 0.05) is 5.92 Å². The number of carbonyl (C=O) groups is 1. The van der Waals surface area contributed by atoms with E-state index < -0.39 is 0 Å². The average Bonchev–Trinajstić information content (AvgIpc) is 2.53. The van der Waals surface area contributed by atoms with Crippen LogP contribution in [-0.4, -0.2) is 31.7 Å². The highest BCUT2D eigenvalue weighted by Gasteiger charge is 2.37. The second-order valence-electron chi connectivity index (χ2n) is 7.04. The van der Waals surface area contributed by atoms with Gasteiger partial charge in [-0.3, -0.25) is 4.79 Å². The van der Waals surface area contributed by atoms with Gasteiger partial charge >= 0.3 is 5.97 Å². The number of ether oxygens (including phenoxy) is 1. The fraction of sp³-hybridized carbons (Fsp3) is 0.944. The Hall–Kier alpha value is -0.570. The summed E-state index contributed by atoms with van der Waals surface area (Å²) < 4.78 is 5.73. The van der Waals surface area contributed by atoms with Crippen molar-refractivity contribution in [2.45, 2.75) is 77.7 Å². The highest BCUT2D eigenvalue weighted by atomic mass is 16.5. The Morgan fingerprint density at radius 3 is 2.76 bits per heavy atom.